The van der Waals surface area contributed by atoms with Gasteiger partial charge in [-0.3, -0.25) is 4.79 Å². The number of carbonyl (C=O) groups is 1. The molecule has 5 heteroatoms. The SMILES string of the molecule is CC(C)NC(=O)CCSc1ccc(Cl)cc1N. The van der Waals surface area contributed by atoms with E-state index in [4.69, 9.17) is 17.3 Å². The summed E-state index contributed by atoms with van der Waals surface area (Å²) < 4.78 is 0. The molecule has 0 aliphatic rings. The molecule has 94 valence electrons. The number of amides is 1. The highest BCUT2D eigenvalue weighted by Crippen LogP contribution is 2.27. The Hall–Kier alpha value is -0.870. The van der Waals surface area contributed by atoms with Crippen LogP contribution in [0.1, 0.15) is 20.3 Å². The monoisotopic (exact) mass is 272 g/mol. The molecule has 17 heavy (non-hydrogen) atoms. The van der Waals surface area contributed by atoms with Crippen molar-refractivity contribution >= 4 is 35.0 Å². The molecule has 0 radical (unpaired) electrons. The summed E-state index contributed by atoms with van der Waals surface area (Å²) in [5, 5.41) is 3.48. The topological polar surface area (TPSA) is 55.1 Å². The fraction of sp³-hybridized carbons (Fsp3) is 0.417. The lowest BCUT2D eigenvalue weighted by atomic mass is 10.3. The van der Waals surface area contributed by atoms with Crippen LogP contribution in [0.15, 0.2) is 23.1 Å². The first-order chi connectivity index (χ1) is 7.99. The van der Waals surface area contributed by atoms with Crippen molar-refractivity contribution in [2.45, 2.75) is 31.2 Å². The fourth-order valence-corrected chi connectivity index (χ4v) is 2.38. The first-order valence-corrected chi connectivity index (χ1v) is 6.82. The molecule has 3 nitrogen and oxygen atoms in total. The van der Waals surface area contributed by atoms with Crippen LogP contribution in [0.2, 0.25) is 5.02 Å². The van der Waals surface area contributed by atoms with Gasteiger partial charge in [0.2, 0.25) is 5.91 Å². The van der Waals surface area contributed by atoms with Gasteiger partial charge in [0.05, 0.1) is 0 Å². The first kappa shape index (κ1) is 14.2. The number of nitrogen functional groups attached to an aromatic ring is 1. The Balaban J connectivity index is 2.38. The summed E-state index contributed by atoms with van der Waals surface area (Å²) in [6.45, 7) is 3.89. The largest absolute Gasteiger partial charge is 0.398 e. The van der Waals surface area contributed by atoms with Crippen LogP contribution in [0, 0.1) is 0 Å². The summed E-state index contributed by atoms with van der Waals surface area (Å²) in [5.74, 6) is 0.782. The molecule has 1 aromatic rings. The molecule has 0 unspecified atom stereocenters. The predicted octanol–water partition coefficient (Wildman–Crippen LogP) is 2.93. The molecule has 1 aromatic carbocycles. The predicted molar refractivity (Wildman–Crippen MR) is 74.5 cm³/mol. The van der Waals surface area contributed by atoms with Gasteiger partial charge in [-0.2, -0.15) is 0 Å². The van der Waals surface area contributed by atoms with Gasteiger partial charge < -0.3 is 11.1 Å². The first-order valence-electron chi connectivity index (χ1n) is 5.46. The second kappa shape index (κ2) is 6.77. The summed E-state index contributed by atoms with van der Waals surface area (Å²) in [7, 11) is 0. The number of benzene rings is 1. The molecule has 0 saturated carbocycles. The molecule has 0 aliphatic carbocycles. The van der Waals surface area contributed by atoms with E-state index < -0.39 is 0 Å². The van der Waals surface area contributed by atoms with Crippen LogP contribution in [0.5, 0.6) is 0 Å². The Morgan fingerprint density at radius 3 is 2.82 bits per heavy atom. The minimum absolute atomic E-state index is 0.0695. The van der Waals surface area contributed by atoms with Crippen molar-refractivity contribution in [1.29, 1.82) is 0 Å². The normalized spacial score (nSPS) is 10.6. The molecule has 0 aliphatic heterocycles. The molecular weight excluding hydrogens is 256 g/mol. The highest BCUT2D eigenvalue weighted by molar-refractivity contribution is 7.99. The van der Waals surface area contributed by atoms with Crippen LogP contribution in [-0.2, 0) is 4.79 Å². The van der Waals surface area contributed by atoms with Gasteiger partial charge in [-0.25, -0.2) is 0 Å². The Morgan fingerprint density at radius 1 is 1.53 bits per heavy atom. The standard InChI is InChI=1S/C12H17ClN2OS/c1-8(2)15-12(16)5-6-17-11-4-3-9(13)7-10(11)14/h3-4,7-8H,5-6,14H2,1-2H3,(H,15,16). The molecular formula is C12H17ClN2OS. The van der Waals surface area contributed by atoms with Crippen molar-refractivity contribution in [2.75, 3.05) is 11.5 Å². The van der Waals surface area contributed by atoms with Crippen LogP contribution < -0.4 is 11.1 Å². The average molecular weight is 273 g/mol. The van der Waals surface area contributed by atoms with Crippen LogP contribution in [0.4, 0.5) is 5.69 Å². The van der Waals surface area contributed by atoms with Crippen molar-refractivity contribution in [3.8, 4) is 0 Å². The quantitative estimate of drug-likeness (QED) is 0.640. The minimum atomic E-state index is 0.0695. The number of hydrogen-bond donors (Lipinski definition) is 2. The number of hydrogen-bond acceptors (Lipinski definition) is 3. The van der Waals surface area contributed by atoms with Crippen molar-refractivity contribution in [3.05, 3.63) is 23.2 Å². The maximum atomic E-state index is 11.4. The highest BCUT2D eigenvalue weighted by atomic mass is 35.5. The second-order valence-corrected chi connectivity index (χ2v) is 5.58. The zero-order chi connectivity index (χ0) is 12.8. The lowest BCUT2D eigenvalue weighted by Crippen LogP contribution is -2.30. The Morgan fingerprint density at radius 2 is 2.24 bits per heavy atom. The summed E-state index contributed by atoms with van der Waals surface area (Å²) in [4.78, 5) is 12.4. The fourth-order valence-electron chi connectivity index (χ4n) is 1.30. The molecule has 0 saturated heterocycles. The van der Waals surface area contributed by atoms with Gasteiger partial charge in [0.25, 0.3) is 0 Å². The Bertz CT molecular complexity index is 396. The maximum absolute atomic E-state index is 11.4. The van der Waals surface area contributed by atoms with E-state index >= 15 is 0 Å². The zero-order valence-electron chi connectivity index (χ0n) is 10.00. The van der Waals surface area contributed by atoms with Crippen molar-refractivity contribution in [1.82, 2.24) is 5.32 Å². The second-order valence-electron chi connectivity index (χ2n) is 4.00. The van der Waals surface area contributed by atoms with Crippen molar-refractivity contribution < 1.29 is 4.79 Å². The number of nitrogens with two attached hydrogens (primary N) is 1. The highest BCUT2D eigenvalue weighted by Gasteiger charge is 2.05. The van der Waals surface area contributed by atoms with Gasteiger partial charge in [-0.1, -0.05) is 11.6 Å². The molecule has 0 spiro atoms. The van der Waals surface area contributed by atoms with Gasteiger partial charge in [-0.05, 0) is 32.0 Å². The Kier molecular flexibility index (Phi) is 5.65. The van der Waals surface area contributed by atoms with E-state index in [9.17, 15) is 4.79 Å². The third kappa shape index (κ3) is 5.33. The smallest absolute Gasteiger partial charge is 0.221 e. The number of halogens is 1. The van der Waals surface area contributed by atoms with Gasteiger partial charge >= 0.3 is 0 Å². The van der Waals surface area contributed by atoms with E-state index in [0.717, 1.165) is 4.90 Å². The zero-order valence-corrected chi connectivity index (χ0v) is 11.6. The summed E-state index contributed by atoms with van der Waals surface area (Å²) in [5.41, 5.74) is 6.47. The molecule has 1 rings (SSSR count). The molecule has 0 bridgehead atoms. The molecule has 0 fully saturated rings. The molecule has 1 amide bonds. The summed E-state index contributed by atoms with van der Waals surface area (Å²) in [6, 6.07) is 5.59. The van der Waals surface area contributed by atoms with Gasteiger partial charge in [0.1, 0.15) is 0 Å². The van der Waals surface area contributed by atoms with Crippen LogP contribution >= 0.6 is 23.4 Å². The number of carbonyl (C=O) groups excluding carboxylic acids is 1. The summed E-state index contributed by atoms with van der Waals surface area (Å²) in [6.07, 6.45) is 0.491. The van der Waals surface area contributed by atoms with E-state index in [2.05, 4.69) is 5.32 Å². The van der Waals surface area contributed by atoms with E-state index in [-0.39, 0.29) is 11.9 Å². The lowest BCUT2D eigenvalue weighted by Gasteiger charge is -2.08. The van der Waals surface area contributed by atoms with Gasteiger partial charge in [-0.15, -0.1) is 11.8 Å². The molecule has 0 atom stereocenters. The third-order valence-corrected chi connectivity index (χ3v) is 3.33. The summed E-state index contributed by atoms with van der Waals surface area (Å²) >= 11 is 7.37. The molecule has 0 aromatic heterocycles. The minimum Gasteiger partial charge on any atom is -0.398 e. The van der Waals surface area contributed by atoms with Crippen molar-refractivity contribution in [3.63, 3.8) is 0 Å². The lowest BCUT2D eigenvalue weighted by molar-refractivity contribution is -0.121. The van der Waals surface area contributed by atoms with Crippen LogP contribution in [-0.4, -0.2) is 17.7 Å². The van der Waals surface area contributed by atoms with Crippen LogP contribution in [0.3, 0.4) is 0 Å². The number of nitrogens with one attached hydrogen (secondary N) is 1. The third-order valence-electron chi connectivity index (χ3n) is 2.01. The van der Waals surface area contributed by atoms with Crippen LogP contribution in [0.25, 0.3) is 0 Å². The van der Waals surface area contributed by atoms with E-state index in [1.54, 1.807) is 23.9 Å². The van der Waals surface area contributed by atoms with Gasteiger partial charge in [0.15, 0.2) is 0 Å². The van der Waals surface area contributed by atoms with E-state index in [1.165, 1.54) is 0 Å². The maximum Gasteiger partial charge on any atom is 0.221 e. The van der Waals surface area contributed by atoms with Crippen molar-refractivity contribution in [2.24, 2.45) is 0 Å². The average Bonchev–Trinajstić information content (AvgIpc) is 2.20. The van der Waals surface area contributed by atoms with E-state index in [1.807, 2.05) is 19.9 Å². The molecule has 0 heterocycles. The molecule has 3 N–H and O–H groups in total. The number of anilines is 1. The van der Waals surface area contributed by atoms with Gasteiger partial charge in [0, 0.05) is 33.8 Å². The van der Waals surface area contributed by atoms with E-state index in [0.29, 0.717) is 22.9 Å². The number of thioether (sulfide) groups is 1. The number of rotatable bonds is 5. The Labute approximate surface area is 111 Å².